The van der Waals surface area contributed by atoms with E-state index in [1.807, 2.05) is 32.2 Å². The highest BCUT2D eigenvalue weighted by Gasteiger charge is 2.16. The second-order valence-electron chi connectivity index (χ2n) is 4.50. The van der Waals surface area contributed by atoms with Crippen LogP contribution in [-0.4, -0.2) is 34.9 Å². The molecule has 1 aromatic heterocycles. The minimum atomic E-state index is -0.0271. The lowest BCUT2D eigenvalue weighted by molar-refractivity contribution is 0.0783. The van der Waals surface area contributed by atoms with Gasteiger partial charge < -0.3 is 15.2 Å². The van der Waals surface area contributed by atoms with Crippen molar-refractivity contribution in [2.75, 3.05) is 19.4 Å². The van der Waals surface area contributed by atoms with Gasteiger partial charge in [-0.05, 0) is 24.6 Å². The van der Waals surface area contributed by atoms with Crippen molar-refractivity contribution in [2.24, 2.45) is 0 Å². The number of hydrogen-bond acceptors (Lipinski definition) is 3. The molecule has 0 unspecified atom stereocenters. The molecule has 2 aromatic rings. The lowest BCUT2D eigenvalue weighted by Gasteiger charge is -2.18. The Morgan fingerprint density at radius 3 is 2.89 bits per heavy atom. The average molecular weight is 258 g/mol. The van der Waals surface area contributed by atoms with Crippen molar-refractivity contribution in [1.82, 2.24) is 14.9 Å². The van der Waals surface area contributed by atoms with E-state index in [1.165, 1.54) is 0 Å². The second-order valence-corrected chi connectivity index (χ2v) is 4.50. The fourth-order valence-electron chi connectivity index (χ4n) is 1.94. The topological polar surface area (TPSA) is 61.0 Å². The number of aromatic amines is 1. The van der Waals surface area contributed by atoms with Crippen LogP contribution in [0.15, 0.2) is 30.6 Å². The molecular weight excluding hydrogens is 240 g/mol. The average Bonchev–Trinajstić information content (AvgIpc) is 2.90. The quantitative estimate of drug-likeness (QED) is 0.882. The van der Waals surface area contributed by atoms with Crippen LogP contribution in [0.25, 0.3) is 0 Å². The van der Waals surface area contributed by atoms with Crippen molar-refractivity contribution in [2.45, 2.75) is 13.5 Å². The molecule has 0 atom stereocenters. The molecule has 0 aliphatic carbocycles. The summed E-state index contributed by atoms with van der Waals surface area (Å²) in [6.07, 6.45) is 3.43. The van der Waals surface area contributed by atoms with Crippen LogP contribution < -0.4 is 5.32 Å². The lowest BCUT2D eigenvalue weighted by atomic mass is 10.1. The zero-order valence-corrected chi connectivity index (χ0v) is 11.4. The number of H-pyrrole nitrogens is 1. The van der Waals surface area contributed by atoms with Crippen LogP contribution in [0.4, 0.5) is 5.69 Å². The molecule has 0 fully saturated rings. The van der Waals surface area contributed by atoms with Gasteiger partial charge >= 0.3 is 0 Å². The minimum absolute atomic E-state index is 0.0271. The summed E-state index contributed by atoms with van der Waals surface area (Å²) in [5.41, 5.74) is 2.63. The number of hydrogen-bond donors (Lipinski definition) is 2. The number of imidazole rings is 1. The summed E-state index contributed by atoms with van der Waals surface area (Å²) in [4.78, 5) is 21.2. The number of carbonyl (C=O) groups excluding carboxylic acids is 1. The van der Waals surface area contributed by atoms with Gasteiger partial charge in [-0.2, -0.15) is 0 Å². The van der Waals surface area contributed by atoms with Gasteiger partial charge in [0.05, 0.1) is 12.1 Å². The maximum Gasteiger partial charge on any atom is 0.256 e. The molecule has 5 heteroatoms. The number of benzene rings is 1. The highest BCUT2D eigenvalue weighted by molar-refractivity contribution is 5.99. The van der Waals surface area contributed by atoms with Gasteiger partial charge in [0.1, 0.15) is 5.82 Å². The first-order valence-electron chi connectivity index (χ1n) is 6.14. The van der Waals surface area contributed by atoms with E-state index >= 15 is 0 Å². The van der Waals surface area contributed by atoms with Gasteiger partial charge in [0.25, 0.3) is 5.91 Å². The first kappa shape index (κ1) is 13.1. The van der Waals surface area contributed by atoms with E-state index in [0.717, 1.165) is 17.1 Å². The Morgan fingerprint density at radius 1 is 1.47 bits per heavy atom. The third-order valence-electron chi connectivity index (χ3n) is 2.96. The molecule has 2 rings (SSSR count). The first-order valence-corrected chi connectivity index (χ1v) is 6.14. The molecule has 0 saturated heterocycles. The van der Waals surface area contributed by atoms with Crippen molar-refractivity contribution in [3.63, 3.8) is 0 Å². The smallest absolute Gasteiger partial charge is 0.256 e. The molecule has 5 nitrogen and oxygen atoms in total. The summed E-state index contributed by atoms with van der Waals surface area (Å²) >= 11 is 0. The largest absolute Gasteiger partial charge is 0.387 e. The standard InChI is InChI=1S/C14H18N4O/c1-10-4-5-11(12(8-10)15-2)14(19)18(3)9-13-16-6-7-17-13/h4-8,15H,9H2,1-3H3,(H,16,17). The summed E-state index contributed by atoms with van der Waals surface area (Å²) in [5, 5.41) is 3.06. The number of aromatic nitrogens is 2. The number of nitrogens with zero attached hydrogens (tertiary/aromatic N) is 2. The van der Waals surface area contributed by atoms with Crippen LogP contribution in [0, 0.1) is 6.92 Å². The molecule has 0 spiro atoms. The summed E-state index contributed by atoms with van der Waals surface area (Å²) in [6.45, 7) is 2.46. The number of aryl methyl sites for hydroxylation is 1. The molecule has 1 amide bonds. The van der Waals surface area contributed by atoms with Gasteiger partial charge in [-0.25, -0.2) is 4.98 Å². The Balaban J connectivity index is 2.19. The third-order valence-corrected chi connectivity index (χ3v) is 2.96. The number of anilines is 1. The Hall–Kier alpha value is -2.30. The Kier molecular flexibility index (Phi) is 3.85. The maximum atomic E-state index is 12.4. The van der Waals surface area contributed by atoms with E-state index in [1.54, 1.807) is 24.3 Å². The molecule has 19 heavy (non-hydrogen) atoms. The maximum absolute atomic E-state index is 12.4. The van der Waals surface area contributed by atoms with Crippen LogP contribution in [0.5, 0.6) is 0 Å². The summed E-state index contributed by atoms with van der Waals surface area (Å²) in [7, 11) is 3.59. The molecule has 0 saturated carbocycles. The molecule has 0 radical (unpaired) electrons. The summed E-state index contributed by atoms with van der Waals surface area (Å²) in [6, 6.07) is 5.75. The van der Waals surface area contributed by atoms with E-state index in [0.29, 0.717) is 12.1 Å². The molecule has 0 aliphatic heterocycles. The number of nitrogens with one attached hydrogen (secondary N) is 2. The normalized spacial score (nSPS) is 10.3. The Bertz CT molecular complexity index is 563. The Labute approximate surface area is 112 Å². The zero-order chi connectivity index (χ0) is 13.8. The van der Waals surface area contributed by atoms with E-state index < -0.39 is 0 Å². The van der Waals surface area contributed by atoms with Crippen LogP contribution in [0.1, 0.15) is 21.7 Å². The van der Waals surface area contributed by atoms with Crippen LogP contribution in [0.2, 0.25) is 0 Å². The van der Waals surface area contributed by atoms with Crippen LogP contribution in [0.3, 0.4) is 0 Å². The van der Waals surface area contributed by atoms with Gasteiger partial charge in [0, 0.05) is 32.2 Å². The highest BCUT2D eigenvalue weighted by Crippen LogP contribution is 2.19. The monoisotopic (exact) mass is 258 g/mol. The highest BCUT2D eigenvalue weighted by atomic mass is 16.2. The minimum Gasteiger partial charge on any atom is -0.387 e. The van der Waals surface area contributed by atoms with E-state index in [2.05, 4.69) is 15.3 Å². The SMILES string of the molecule is CNc1cc(C)ccc1C(=O)N(C)Cc1ncc[nH]1. The van der Waals surface area contributed by atoms with Crippen molar-refractivity contribution >= 4 is 11.6 Å². The zero-order valence-electron chi connectivity index (χ0n) is 11.4. The van der Waals surface area contributed by atoms with Crippen molar-refractivity contribution in [3.05, 3.63) is 47.5 Å². The summed E-state index contributed by atoms with van der Waals surface area (Å²) < 4.78 is 0. The molecular formula is C14H18N4O. The molecule has 2 N–H and O–H groups in total. The van der Waals surface area contributed by atoms with E-state index in [4.69, 9.17) is 0 Å². The lowest BCUT2D eigenvalue weighted by Crippen LogP contribution is -2.27. The Morgan fingerprint density at radius 2 is 2.26 bits per heavy atom. The van der Waals surface area contributed by atoms with Gasteiger partial charge in [-0.1, -0.05) is 6.07 Å². The van der Waals surface area contributed by atoms with Gasteiger partial charge in [0.15, 0.2) is 0 Å². The predicted octanol–water partition coefficient (Wildman–Crippen LogP) is 2.03. The number of amides is 1. The van der Waals surface area contributed by atoms with E-state index in [-0.39, 0.29) is 5.91 Å². The molecule has 1 aromatic carbocycles. The third kappa shape index (κ3) is 2.93. The second kappa shape index (κ2) is 5.56. The summed E-state index contributed by atoms with van der Waals surface area (Å²) in [5.74, 6) is 0.745. The van der Waals surface area contributed by atoms with Crippen molar-refractivity contribution in [3.8, 4) is 0 Å². The van der Waals surface area contributed by atoms with Crippen molar-refractivity contribution in [1.29, 1.82) is 0 Å². The van der Waals surface area contributed by atoms with Crippen LogP contribution >= 0.6 is 0 Å². The molecule has 0 aliphatic rings. The number of carbonyl (C=O) groups is 1. The van der Waals surface area contributed by atoms with E-state index in [9.17, 15) is 4.79 Å². The van der Waals surface area contributed by atoms with Gasteiger partial charge in [0.2, 0.25) is 0 Å². The first-order chi connectivity index (χ1) is 9.11. The number of rotatable bonds is 4. The molecule has 1 heterocycles. The molecule has 100 valence electrons. The van der Waals surface area contributed by atoms with Crippen LogP contribution in [-0.2, 0) is 6.54 Å². The molecule has 0 bridgehead atoms. The fraction of sp³-hybridized carbons (Fsp3) is 0.286. The predicted molar refractivity (Wildman–Crippen MR) is 75.1 cm³/mol. The van der Waals surface area contributed by atoms with Gasteiger partial charge in [-0.15, -0.1) is 0 Å². The van der Waals surface area contributed by atoms with Gasteiger partial charge in [-0.3, -0.25) is 4.79 Å². The van der Waals surface area contributed by atoms with Crippen molar-refractivity contribution < 1.29 is 4.79 Å². The fourth-order valence-corrected chi connectivity index (χ4v) is 1.94.